The SMILES string of the molecule is CCCCCCC(CC(O)CO)OC(CCCCCC)CC(O)CO. The molecule has 0 saturated carbocycles. The molecule has 5 nitrogen and oxygen atoms in total. The van der Waals surface area contributed by atoms with Gasteiger partial charge in [0.05, 0.1) is 37.6 Å². The highest BCUT2D eigenvalue weighted by molar-refractivity contribution is 4.71. The van der Waals surface area contributed by atoms with Crippen LogP contribution in [0.1, 0.15) is 90.9 Å². The number of hydrogen-bond donors (Lipinski definition) is 4. The Morgan fingerprint density at radius 2 is 1.04 bits per heavy atom. The van der Waals surface area contributed by atoms with E-state index >= 15 is 0 Å². The first kappa shape index (κ1) is 24.8. The Hall–Kier alpha value is -0.200. The van der Waals surface area contributed by atoms with E-state index in [9.17, 15) is 10.2 Å². The molecule has 0 aliphatic rings. The summed E-state index contributed by atoms with van der Waals surface area (Å²) in [6.07, 6.45) is 9.92. The average molecular weight is 363 g/mol. The molecule has 5 heteroatoms. The average Bonchev–Trinajstić information content (AvgIpc) is 2.61. The molecule has 4 N–H and O–H groups in total. The van der Waals surface area contributed by atoms with Crippen LogP contribution in [0.3, 0.4) is 0 Å². The molecule has 0 aromatic carbocycles. The first-order valence-electron chi connectivity index (χ1n) is 10.3. The number of ether oxygens (including phenoxy) is 1. The normalized spacial score (nSPS) is 16.6. The van der Waals surface area contributed by atoms with Crippen molar-refractivity contribution in [2.45, 2.75) is 115 Å². The highest BCUT2D eigenvalue weighted by Gasteiger charge is 2.21. The van der Waals surface area contributed by atoms with Gasteiger partial charge in [-0.1, -0.05) is 65.2 Å². The predicted molar refractivity (Wildman–Crippen MR) is 102 cm³/mol. The Labute approximate surface area is 154 Å². The third kappa shape index (κ3) is 14.6. The fourth-order valence-electron chi connectivity index (χ4n) is 3.11. The summed E-state index contributed by atoms with van der Waals surface area (Å²) in [5.41, 5.74) is 0. The molecule has 4 atom stereocenters. The van der Waals surface area contributed by atoms with Crippen LogP contribution in [-0.2, 0) is 4.74 Å². The summed E-state index contributed by atoms with van der Waals surface area (Å²) < 4.78 is 6.21. The van der Waals surface area contributed by atoms with Crippen molar-refractivity contribution in [1.29, 1.82) is 0 Å². The maximum absolute atomic E-state index is 9.80. The van der Waals surface area contributed by atoms with Crippen LogP contribution in [0.15, 0.2) is 0 Å². The summed E-state index contributed by atoms with van der Waals surface area (Å²) in [6.45, 7) is 3.84. The van der Waals surface area contributed by atoms with Gasteiger partial charge < -0.3 is 25.2 Å². The lowest BCUT2D eigenvalue weighted by atomic mass is 10.0. The van der Waals surface area contributed by atoms with Gasteiger partial charge in [-0.3, -0.25) is 0 Å². The standard InChI is InChI=1S/C20H42O5/c1-3-5-7-9-11-19(13-17(23)15-21)25-20(14-18(24)16-22)12-10-8-6-4-2/h17-24H,3-16H2,1-2H3. The molecule has 4 unspecified atom stereocenters. The topological polar surface area (TPSA) is 90.2 Å². The minimum atomic E-state index is -0.764. The van der Waals surface area contributed by atoms with Crippen molar-refractivity contribution in [3.63, 3.8) is 0 Å². The van der Waals surface area contributed by atoms with Gasteiger partial charge in [-0.15, -0.1) is 0 Å². The molecule has 0 heterocycles. The van der Waals surface area contributed by atoms with Crippen molar-refractivity contribution in [3.8, 4) is 0 Å². The lowest BCUT2D eigenvalue weighted by molar-refractivity contribution is -0.0712. The van der Waals surface area contributed by atoms with Crippen molar-refractivity contribution in [3.05, 3.63) is 0 Å². The summed E-state index contributed by atoms with van der Waals surface area (Å²) in [5.74, 6) is 0. The van der Waals surface area contributed by atoms with Crippen molar-refractivity contribution >= 4 is 0 Å². The van der Waals surface area contributed by atoms with E-state index in [2.05, 4.69) is 13.8 Å². The van der Waals surface area contributed by atoms with E-state index in [0.717, 1.165) is 38.5 Å². The lowest BCUT2D eigenvalue weighted by Crippen LogP contribution is -2.31. The third-order valence-electron chi connectivity index (χ3n) is 4.64. The van der Waals surface area contributed by atoms with Crippen LogP contribution >= 0.6 is 0 Å². The molecular weight excluding hydrogens is 320 g/mol. The zero-order chi connectivity index (χ0) is 18.9. The summed E-state index contributed by atoms with van der Waals surface area (Å²) in [4.78, 5) is 0. The summed E-state index contributed by atoms with van der Waals surface area (Å²) in [7, 11) is 0. The fourth-order valence-corrected chi connectivity index (χ4v) is 3.11. The first-order chi connectivity index (χ1) is 12.1. The van der Waals surface area contributed by atoms with Gasteiger partial charge in [0.1, 0.15) is 0 Å². The van der Waals surface area contributed by atoms with Gasteiger partial charge >= 0.3 is 0 Å². The molecule has 0 saturated heterocycles. The van der Waals surface area contributed by atoms with Crippen LogP contribution in [0.25, 0.3) is 0 Å². The molecule has 0 aromatic heterocycles. The summed E-state index contributed by atoms with van der Waals surface area (Å²) in [6, 6.07) is 0. The van der Waals surface area contributed by atoms with E-state index in [1.807, 2.05) is 0 Å². The molecule has 0 spiro atoms. The molecular formula is C20H42O5. The highest BCUT2D eigenvalue weighted by Crippen LogP contribution is 2.21. The minimum absolute atomic E-state index is 0.110. The van der Waals surface area contributed by atoms with Gasteiger partial charge in [0.15, 0.2) is 0 Å². The molecule has 25 heavy (non-hydrogen) atoms. The van der Waals surface area contributed by atoms with Crippen LogP contribution in [0.2, 0.25) is 0 Å². The molecule has 0 rings (SSSR count). The predicted octanol–water partition coefficient (Wildman–Crippen LogP) is 3.17. The summed E-state index contributed by atoms with van der Waals surface area (Å²) in [5, 5.41) is 37.9. The number of rotatable bonds is 18. The largest absolute Gasteiger partial charge is 0.394 e. The van der Waals surface area contributed by atoms with E-state index in [1.54, 1.807) is 0 Å². The fraction of sp³-hybridized carbons (Fsp3) is 1.00. The first-order valence-corrected chi connectivity index (χ1v) is 10.3. The van der Waals surface area contributed by atoms with Gasteiger partial charge in [-0.25, -0.2) is 0 Å². The van der Waals surface area contributed by atoms with E-state index in [1.165, 1.54) is 25.7 Å². The van der Waals surface area contributed by atoms with Crippen molar-refractivity contribution in [1.82, 2.24) is 0 Å². The Kier molecular flexibility index (Phi) is 17.1. The summed E-state index contributed by atoms with van der Waals surface area (Å²) >= 11 is 0. The molecule has 152 valence electrons. The molecule has 0 aliphatic carbocycles. The molecule has 0 bridgehead atoms. The lowest BCUT2D eigenvalue weighted by Gasteiger charge is -2.27. The van der Waals surface area contributed by atoms with Crippen LogP contribution in [0, 0.1) is 0 Å². The van der Waals surface area contributed by atoms with E-state index in [-0.39, 0.29) is 25.4 Å². The second-order valence-electron chi connectivity index (χ2n) is 7.22. The van der Waals surface area contributed by atoms with Crippen LogP contribution in [-0.4, -0.2) is 58.1 Å². The Bertz CT molecular complexity index is 249. The maximum atomic E-state index is 9.80. The molecule has 0 radical (unpaired) electrons. The molecule has 0 aromatic rings. The number of aliphatic hydroxyl groups is 4. The smallest absolute Gasteiger partial charge is 0.0795 e. The zero-order valence-corrected chi connectivity index (χ0v) is 16.4. The quantitative estimate of drug-likeness (QED) is 0.281. The highest BCUT2D eigenvalue weighted by atomic mass is 16.5. The monoisotopic (exact) mass is 362 g/mol. The number of hydrogen-bond acceptors (Lipinski definition) is 5. The van der Waals surface area contributed by atoms with Crippen molar-refractivity contribution in [2.75, 3.05) is 13.2 Å². The Balaban J connectivity index is 4.57. The maximum Gasteiger partial charge on any atom is 0.0795 e. The molecule has 0 aliphatic heterocycles. The van der Waals surface area contributed by atoms with E-state index in [0.29, 0.717) is 12.8 Å². The Morgan fingerprint density at radius 1 is 0.640 bits per heavy atom. The Morgan fingerprint density at radius 3 is 1.36 bits per heavy atom. The van der Waals surface area contributed by atoms with Crippen molar-refractivity contribution < 1.29 is 25.2 Å². The van der Waals surface area contributed by atoms with Gasteiger partial charge in [0.2, 0.25) is 0 Å². The van der Waals surface area contributed by atoms with Gasteiger partial charge in [-0.05, 0) is 12.8 Å². The van der Waals surface area contributed by atoms with Crippen molar-refractivity contribution in [2.24, 2.45) is 0 Å². The van der Waals surface area contributed by atoms with Gasteiger partial charge in [0, 0.05) is 12.8 Å². The van der Waals surface area contributed by atoms with Crippen LogP contribution in [0.4, 0.5) is 0 Å². The van der Waals surface area contributed by atoms with Crippen LogP contribution in [0.5, 0.6) is 0 Å². The molecule has 0 amide bonds. The van der Waals surface area contributed by atoms with Crippen LogP contribution < -0.4 is 0 Å². The van der Waals surface area contributed by atoms with Gasteiger partial charge in [0.25, 0.3) is 0 Å². The second-order valence-corrected chi connectivity index (χ2v) is 7.22. The minimum Gasteiger partial charge on any atom is -0.394 e. The third-order valence-corrected chi connectivity index (χ3v) is 4.64. The van der Waals surface area contributed by atoms with E-state index < -0.39 is 12.2 Å². The number of aliphatic hydroxyl groups excluding tert-OH is 4. The molecule has 0 fully saturated rings. The second kappa shape index (κ2) is 17.2. The zero-order valence-electron chi connectivity index (χ0n) is 16.4. The van der Waals surface area contributed by atoms with Gasteiger partial charge in [-0.2, -0.15) is 0 Å². The van der Waals surface area contributed by atoms with E-state index in [4.69, 9.17) is 14.9 Å². The number of unbranched alkanes of at least 4 members (excludes halogenated alkanes) is 6.